The topological polar surface area (TPSA) is 47.6 Å². The first-order valence-electron chi connectivity index (χ1n) is 9.11. The van der Waals surface area contributed by atoms with Crippen molar-refractivity contribution in [3.05, 3.63) is 0 Å². The van der Waals surface area contributed by atoms with Gasteiger partial charge in [-0.3, -0.25) is 4.79 Å². The Morgan fingerprint density at radius 2 is 1.78 bits per heavy atom. The Bertz CT molecular complexity index is 327. The lowest BCUT2D eigenvalue weighted by atomic mass is 10.1. The van der Waals surface area contributed by atoms with Crippen molar-refractivity contribution in [3.8, 4) is 0 Å². The highest BCUT2D eigenvalue weighted by atomic mass is 28.4. The third-order valence-electron chi connectivity index (χ3n) is 4.80. The van der Waals surface area contributed by atoms with Crippen molar-refractivity contribution in [2.24, 2.45) is 0 Å². The van der Waals surface area contributed by atoms with Crippen LogP contribution in [0.3, 0.4) is 0 Å². The molecular weight excluding hydrogens is 306 g/mol. The minimum Gasteiger partial charge on any atom is -0.465 e. The van der Waals surface area contributed by atoms with Crippen molar-refractivity contribution in [1.82, 2.24) is 5.32 Å². The van der Waals surface area contributed by atoms with Crippen molar-refractivity contribution < 1.29 is 14.0 Å². The molecule has 0 aliphatic rings. The van der Waals surface area contributed by atoms with Gasteiger partial charge < -0.3 is 14.5 Å². The molecule has 0 bridgehead atoms. The zero-order chi connectivity index (χ0) is 17.9. The highest BCUT2D eigenvalue weighted by molar-refractivity contribution is 6.74. The van der Waals surface area contributed by atoms with Crippen LogP contribution < -0.4 is 5.32 Å². The maximum absolute atomic E-state index is 10.7. The van der Waals surface area contributed by atoms with Crippen molar-refractivity contribution >= 4 is 14.3 Å². The zero-order valence-electron chi connectivity index (χ0n) is 16.5. The van der Waals surface area contributed by atoms with Gasteiger partial charge in [0.2, 0.25) is 0 Å². The van der Waals surface area contributed by atoms with Gasteiger partial charge in [0.05, 0.1) is 0 Å². The minimum atomic E-state index is -1.58. The van der Waals surface area contributed by atoms with Crippen LogP contribution in [0.2, 0.25) is 18.1 Å². The Hall–Kier alpha value is -0.393. The molecule has 1 N–H and O–H groups in total. The Labute approximate surface area is 144 Å². The van der Waals surface area contributed by atoms with Crippen LogP contribution >= 0.6 is 0 Å². The molecule has 0 spiro atoms. The fraction of sp³-hybridized carbons (Fsp3) is 0.944. The normalized spacial score (nSPS) is 13.9. The van der Waals surface area contributed by atoms with Gasteiger partial charge in [-0.05, 0) is 37.4 Å². The number of hydrogen-bond donors (Lipinski definition) is 1. The molecule has 0 radical (unpaired) electrons. The monoisotopic (exact) mass is 345 g/mol. The van der Waals surface area contributed by atoms with E-state index >= 15 is 0 Å². The fourth-order valence-electron chi connectivity index (χ4n) is 2.12. The second-order valence-corrected chi connectivity index (χ2v) is 12.7. The van der Waals surface area contributed by atoms with E-state index < -0.39 is 8.32 Å². The first kappa shape index (κ1) is 22.6. The number of nitrogens with one attached hydrogen (secondary N) is 1. The summed E-state index contributed by atoms with van der Waals surface area (Å²) in [5.41, 5.74) is 0. The minimum absolute atomic E-state index is 0.207. The SMILES string of the molecule is CCC(CCCCCO[Si](C)(C)C(C)(C)C)NCCOC(C)=O. The summed E-state index contributed by atoms with van der Waals surface area (Å²) in [4.78, 5) is 10.7. The van der Waals surface area contributed by atoms with Crippen LogP contribution in [-0.2, 0) is 14.0 Å². The quantitative estimate of drug-likeness (QED) is 0.321. The Balaban J connectivity index is 3.70. The largest absolute Gasteiger partial charge is 0.465 e. The molecule has 138 valence electrons. The summed E-state index contributed by atoms with van der Waals surface area (Å²) in [6.45, 7) is 17.2. The number of carbonyl (C=O) groups is 1. The van der Waals surface area contributed by atoms with Crippen LogP contribution in [-0.4, -0.2) is 40.1 Å². The van der Waals surface area contributed by atoms with E-state index in [1.165, 1.54) is 26.2 Å². The first-order valence-corrected chi connectivity index (χ1v) is 12.0. The van der Waals surface area contributed by atoms with Crippen molar-refractivity contribution in [2.45, 2.75) is 90.9 Å². The average Bonchev–Trinajstić information content (AvgIpc) is 2.43. The molecule has 0 rings (SSSR count). The molecule has 0 aromatic carbocycles. The molecule has 0 aromatic heterocycles. The molecule has 0 heterocycles. The Morgan fingerprint density at radius 1 is 1.13 bits per heavy atom. The van der Waals surface area contributed by atoms with E-state index in [4.69, 9.17) is 9.16 Å². The molecule has 1 unspecified atom stereocenters. The fourth-order valence-corrected chi connectivity index (χ4v) is 3.21. The third kappa shape index (κ3) is 10.9. The molecule has 0 aliphatic carbocycles. The number of rotatable bonds is 12. The van der Waals surface area contributed by atoms with Gasteiger partial charge >= 0.3 is 5.97 Å². The van der Waals surface area contributed by atoms with Crippen LogP contribution in [0.5, 0.6) is 0 Å². The van der Waals surface area contributed by atoms with Crippen LogP contribution in [0.4, 0.5) is 0 Å². The molecule has 0 aromatic rings. The van der Waals surface area contributed by atoms with E-state index in [1.54, 1.807) is 0 Å². The van der Waals surface area contributed by atoms with E-state index in [2.05, 4.69) is 46.1 Å². The summed E-state index contributed by atoms with van der Waals surface area (Å²) in [6, 6.07) is 0.520. The lowest BCUT2D eigenvalue weighted by Gasteiger charge is -2.36. The summed E-state index contributed by atoms with van der Waals surface area (Å²) in [5.74, 6) is -0.207. The van der Waals surface area contributed by atoms with Gasteiger partial charge in [-0.25, -0.2) is 0 Å². The predicted octanol–water partition coefficient (Wildman–Crippen LogP) is 4.50. The van der Waals surface area contributed by atoms with E-state index in [0.29, 0.717) is 17.7 Å². The van der Waals surface area contributed by atoms with Gasteiger partial charge in [0.1, 0.15) is 6.61 Å². The zero-order valence-corrected chi connectivity index (χ0v) is 17.5. The second kappa shape index (κ2) is 11.2. The Morgan fingerprint density at radius 3 is 2.30 bits per heavy atom. The molecule has 0 amide bonds. The summed E-state index contributed by atoms with van der Waals surface area (Å²) >= 11 is 0. The van der Waals surface area contributed by atoms with Gasteiger partial charge in [-0.2, -0.15) is 0 Å². The average molecular weight is 346 g/mol. The van der Waals surface area contributed by atoms with Gasteiger partial charge in [0, 0.05) is 26.1 Å². The highest BCUT2D eigenvalue weighted by Gasteiger charge is 2.36. The first-order chi connectivity index (χ1) is 10.6. The van der Waals surface area contributed by atoms with E-state index in [-0.39, 0.29) is 5.97 Å². The molecule has 0 saturated heterocycles. The molecule has 5 heteroatoms. The summed E-state index contributed by atoms with van der Waals surface area (Å²) in [6.07, 6.45) is 5.88. The van der Waals surface area contributed by atoms with E-state index in [9.17, 15) is 4.79 Å². The molecule has 23 heavy (non-hydrogen) atoms. The van der Waals surface area contributed by atoms with Gasteiger partial charge in [0.15, 0.2) is 8.32 Å². The van der Waals surface area contributed by atoms with E-state index in [1.807, 2.05) is 0 Å². The smallest absolute Gasteiger partial charge is 0.302 e. The summed E-state index contributed by atoms with van der Waals surface area (Å²) in [5, 5.41) is 3.76. The lowest BCUT2D eigenvalue weighted by molar-refractivity contribution is -0.140. The van der Waals surface area contributed by atoms with Crippen LogP contribution in [0, 0.1) is 0 Å². The molecular formula is C18H39NO3Si. The number of esters is 1. The molecule has 0 saturated carbocycles. The maximum Gasteiger partial charge on any atom is 0.302 e. The van der Waals surface area contributed by atoms with Crippen molar-refractivity contribution in [3.63, 3.8) is 0 Å². The number of carbonyl (C=O) groups excluding carboxylic acids is 1. The van der Waals surface area contributed by atoms with E-state index in [0.717, 1.165) is 26.0 Å². The standard InChI is InChI=1S/C18H39NO3Si/c1-8-17(19-13-15-21-16(2)20)12-10-9-11-14-22-23(6,7)18(3,4)5/h17,19H,8-15H2,1-7H3. The van der Waals surface area contributed by atoms with Gasteiger partial charge in [-0.1, -0.05) is 40.5 Å². The summed E-state index contributed by atoms with van der Waals surface area (Å²) < 4.78 is 11.1. The van der Waals surface area contributed by atoms with Crippen LogP contribution in [0.1, 0.15) is 66.7 Å². The van der Waals surface area contributed by atoms with Crippen molar-refractivity contribution in [1.29, 1.82) is 0 Å². The molecule has 4 nitrogen and oxygen atoms in total. The highest BCUT2D eigenvalue weighted by Crippen LogP contribution is 2.36. The van der Waals surface area contributed by atoms with Crippen LogP contribution in [0.25, 0.3) is 0 Å². The van der Waals surface area contributed by atoms with Crippen LogP contribution in [0.15, 0.2) is 0 Å². The maximum atomic E-state index is 10.7. The number of unbranched alkanes of at least 4 members (excludes halogenated alkanes) is 2. The Kier molecular flexibility index (Phi) is 11.0. The second-order valence-electron chi connectivity index (χ2n) is 7.86. The number of hydrogen-bond acceptors (Lipinski definition) is 4. The predicted molar refractivity (Wildman–Crippen MR) is 100 cm³/mol. The van der Waals surface area contributed by atoms with Crippen molar-refractivity contribution in [2.75, 3.05) is 19.8 Å². The summed E-state index contributed by atoms with van der Waals surface area (Å²) in [7, 11) is -1.58. The molecule has 1 atom stereocenters. The molecule has 0 aliphatic heterocycles. The van der Waals surface area contributed by atoms with Gasteiger partial charge in [0.25, 0.3) is 0 Å². The lowest BCUT2D eigenvalue weighted by Crippen LogP contribution is -2.40. The number of ether oxygens (including phenoxy) is 1. The van der Waals surface area contributed by atoms with Gasteiger partial charge in [-0.15, -0.1) is 0 Å². The molecule has 0 fully saturated rings. The third-order valence-corrected chi connectivity index (χ3v) is 9.34.